The fraction of sp³-hybridized carbons (Fsp3) is 0.714. The number of anilines is 1. The zero-order chi connectivity index (χ0) is 19.1. The molecule has 0 radical (unpaired) electrons. The molecule has 2 aliphatic rings. The summed E-state index contributed by atoms with van der Waals surface area (Å²) in [4.78, 5) is 2.46. The van der Waals surface area contributed by atoms with Crippen LogP contribution in [0.15, 0.2) is 24.3 Å². The van der Waals surface area contributed by atoms with Gasteiger partial charge in [0.15, 0.2) is 0 Å². The third-order valence-electron chi connectivity index (χ3n) is 6.29. The van der Waals surface area contributed by atoms with Crippen LogP contribution in [0.3, 0.4) is 0 Å². The second-order valence-corrected chi connectivity index (χ2v) is 8.29. The average Bonchev–Trinajstić information content (AvgIpc) is 2.65. The van der Waals surface area contributed by atoms with Gasteiger partial charge in [0.1, 0.15) is 0 Å². The molecule has 0 amide bonds. The summed E-state index contributed by atoms with van der Waals surface area (Å²) in [6, 6.07) is 9.11. The number of aryl methyl sites for hydroxylation is 1. The van der Waals surface area contributed by atoms with Crippen molar-refractivity contribution in [1.82, 2.24) is 0 Å². The molecule has 1 saturated heterocycles. The number of nitrogens with two attached hydrogens (primary N) is 1. The number of hydrogen-bond donors (Lipinski definition) is 3. The molecular weight excluding hydrogens is 339 g/mol. The van der Waals surface area contributed by atoms with Crippen molar-refractivity contribution in [2.24, 2.45) is 17.6 Å². The van der Waals surface area contributed by atoms with Crippen molar-refractivity contribution in [2.45, 2.75) is 57.3 Å². The summed E-state index contributed by atoms with van der Waals surface area (Å²) in [6.45, 7) is 3.64. The summed E-state index contributed by atoms with van der Waals surface area (Å²) in [6.07, 6.45) is 8.21. The molecule has 4 N–H and O–H groups in total. The van der Waals surface area contributed by atoms with Crippen LogP contribution >= 0.6 is 0 Å². The third kappa shape index (κ3) is 6.21. The number of ether oxygens (including phenoxy) is 1. The van der Waals surface area contributed by atoms with Crippen molar-refractivity contribution in [2.75, 3.05) is 31.2 Å². The molecule has 0 bridgehead atoms. The predicted molar refractivity (Wildman–Crippen MR) is 111 cm³/mol. The van der Waals surface area contributed by atoms with E-state index in [0.29, 0.717) is 12.2 Å². The van der Waals surface area contributed by atoms with Crippen LogP contribution in [-0.2, 0) is 11.2 Å². The molecule has 0 aromatic heterocycles. The second-order valence-electron chi connectivity index (χ2n) is 8.29. The van der Waals surface area contributed by atoms with Gasteiger partial charge in [-0.15, -0.1) is 0 Å². The van der Waals surface area contributed by atoms with E-state index >= 15 is 0 Å². The van der Waals surface area contributed by atoms with Gasteiger partial charge < -0.3 is 25.4 Å². The molecule has 150 valence electrons. The van der Waals surface area contributed by atoms with Gasteiger partial charge in [-0.1, -0.05) is 31.0 Å². The van der Waals surface area contributed by atoms with Crippen molar-refractivity contribution in [3.63, 3.8) is 0 Å². The van der Waals surface area contributed by atoms with Gasteiger partial charge >= 0.3 is 7.12 Å². The van der Waals surface area contributed by atoms with Gasteiger partial charge in [-0.3, -0.25) is 0 Å². The molecular formula is C21H35BN2O3. The molecule has 1 atom stereocenters. The Morgan fingerprint density at radius 2 is 1.89 bits per heavy atom. The number of hydrogen-bond acceptors (Lipinski definition) is 5. The number of para-hydroxylation sites is 1. The SMILES string of the molecule is NC(CCCCB(O)O)C1CC(CCc2ccccc2N2CCOCC2)C1. The average molecular weight is 374 g/mol. The van der Waals surface area contributed by atoms with Crippen LogP contribution in [0.5, 0.6) is 0 Å². The molecule has 1 aliphatic heterocycles. The quantitative estimate of drug-likeness (QED) is 0.433. The second kappa shape index (κ2) is 10.5. The highest BCUT2D eigenvalue weighted by Crippen LogP contribution is 2.40. The number of benzene rings is 1. The lowest BCUT2D eigenvalue weighted by Gasteiger charge is -2.39. The Labute approximate surface area is 164 Å². The number of nitrogens with zero attached hydrogens (tertiary/aromatic N) is 1. The van der Waals surface area contributed by atoms with E-state index < -0.39 is 7.12 Å². The van der Waals surface area contributed by atoms with Crippen LogP contribution < -0.4 is 10.6 Å². The van der Waals surface area contributed by atoms with Gasteiger partial charge in [0.25, 0.3) is 0 Å². The molecule has 3 rings (SSSR count). The van der Waals surface area contributed by atoms with Crippen molar-refractivity contribution in [3.8, 4) is 0 Å². The van der Waals surface area contributed by atoms with Crippen LogP contribution in [0.4, 0.5) is 5.69 Å². The third-order valence-corrected chi connectivity index (χ3v) is 6.29. The lowest BCUT2D eigenvalue weighted by molar-refractivity contribution is 0.122. The molecule has 27 heavy (non-hydrogen) atoms. The summed E-state index contributed by atoms with van der Waals surface area (Å²) in [5.74, 6) is 1.46. The first-order valence-electron chi connectivity index (χ1n) is 10.7. The molecule has 1 aliphatic carbocycles. The van der Waals surface area contributed by atoms with E-state index in [1.165, 1.54) is 30.5 Å². The van der Waals surface area contributed by atoms with Crippen molar-refractivity contribution >= 4 is 12.8 Å². The smallest absolute Gasteiger partial charge is 0.427 e. The summed E-state index contributed by atoms with van der Waals surface area (Å²) >= 11 is 0. The Hall–Kier alpha value is -1.08. The largest absolute Gasteiger partial charge is 0.451 e. The first-order chi connectivity index (χ1) is 13.1. The first kappa shape index (κ1) is 20.7. The Balaban J connectivity index is 1.37. The normalized spacial score (nSPS) is 23.7. The molecule has 5 nitrogen and oxygen atoms in total. The predicted octanol–water partition coefficient (Wildman–Crippen LogP) is 2.45. The lowest BCUT2D eigenvalue weighted by atomic mass is 9.68. The summed E-state index contributed by atoms with van der Waals surface area (Å²) < 4.78 is 5.49. The van der Waals surface area contributed by atoms with Crippen LogP contribution in [0.1, 0.15) is 44.1 Å². The fourth-order valence-electron chi connectivity index (χ4n) is 4.51. The topological polar surface area (TPSA) is 79.0 Å². The highest BCUT2D eigenvalue weighted by molar-refractivity contribution is 6.40. The van der Waals surface area contributed by atoms with Gasteiger partial charge in [0.2, 0.25) is 0 Å². The number of rotatable bonds is 10. The Morgan fingerprint density at radius 3 is 2.63 bits per heavy atom. The molecule has 1 saturated carbocycles. The molecule has 0 spiro atoms. The molecule has 6 heteroatoms. The number of unbranched alkanes of at least 4 members (excludes halogenated alkanes) is 1. The van der Waals surface area contributed by atoms with Crippen molar-refractivity contribution in [3.05, 3.63) is 29.8 Å². The lowest BCUT2D eigenvalue weighted by Crippen LogP contribution is -2.39. The van der Waals surface area contributed by atoms with Gasteiger partial charge in [0, 0.05) is 24.8 Å². The minimum atomic E-state index is -1.17. The minimum Gasteiger partial charge on any atom is -0.427 e. The fourth-order valence-corrected chi connectivity index (χ4v) is 4.51. The Kier molecular flexibility index (Phi) is 8.00. The van der Waals surface area contributed by atoms with Gasteiger partial charge in [-0.05, 0) is 61.9 Å². The van der Waals surface area contributed by atoms with E-state index in [2.05, 4.69) is 29.2 Å². The van der Waals surface area contributed by atoms with Crippen molar-refractivity contribution < 1.29 is 14.8 Å². The van der Waals surface area contributed by atoms with E-state index in [4.69, 9.17) is 20.5 Å². The zero-order valence-corrected chi connectivity index (χ0v) is 16.4. The highest BCUT2D eigenvalue weighted by Gasteiger charge is 2.32. The van der Waals surface area contributed by atoms with E-state index in [9.17, 15) is 0 Å². The standard InChI is InChI=1S/C21H35BN2O3/c23-20(6-3-4-10-22(25)26)19-15-17(16-19)8-9-18-5-1-2-7-21(18)24-11-13-27-14-12-24/h1-2,5,7,17,19-20,25-26H,3-4,6,8-16,23H2. The molecule has 2 fully saturated rings. The summed E-state index contributed by atoms with van der Waals surface area (Å²) in [7, 11) is -1.17. The molecule has 1 unspecified atom stereocenters. The van der Waals surface area contributed by atoms with E-state index in [1.807, 2.05) is 0 Å². The minimum absolute atomic E-state index is 0.276. The van der Waals surface area contributed by atoms with Crippen LogP contribution in [0.25, 0.3) is 0 Å². The maximum absolute atomic E-state index is 8.89. The van der Waals surface area contributed by atoms with E-state index in [-0.39, 0.29) is 6.04 Å². The van der Waals surface area contributed by atoms with E-state index in [0.717, 1.165) is 57.9 Å². The monoisotopic (exact) mass is 374 g/mol. The van der Waals surface area contributed by atoms with Crippen LogP contribution in [0, 0.1) is 11.8 Å². The van der Waals surface area contributed by atoms with Crippen LogP contribution in [0.2, 0.25) is 6.32 Å². The van der Waals surface area contributed by atoms with Crippen molar-refractivity contribution in [1.29, 1.82) is 0 Å². The molecule has 1 aromatic rings. The maximum atomic E-state index is 8.89. The Bertz CT molecular complexity index is 560. The zero-order valence-electron chi connectivity index (χ0n) is 16.4. The molecule has 1 heterocycles. The molecule has 1 aromatic carbocycles. The highest BCUT2D eigenvalue weighted by atomic mass is 16.5. The number of morpholine rings is 1. The van der Waals surface area contributed by atoms with Gasteiger partial charge in [0.05, 0.1) is 13.2 Å². The van der Waals surface area contributed by atoms with Gasteiger partial charge in [-0.25, -0.2) is 0 Å². The van der Waals surface area contributed by atoms with Gasteiger partial charge in [-0.2, -0.15) is 0 Å². The summed E-state index contributed by atoms with van der Waals surface area (Å²) in [5, 5.41) is 17.8. The maximum Gasteiger partial charge on any atom is 0.451 e. The van der Waals surface area contributed by atoms with Crippen LogP contribution in [-0.4, -0.2) is 49.5 Å². The Morgan fingerprint density at radius 1 is 1.15 bits per heavy atom. The summed E-state index contributed by atoms with van der Waals surface area (Å²) in [5.41, 5.74) is 9.20. The first-order valence-corrected chi connectivity index (χ1v) is 10.7. The van der Waals surface area contributed by atoms with E-state index in [1.54, 1.807) is 0 Å².